The minimum absolute atomic E-state index is 0.108. The maximum Gasteiger partial charge on any atom is 0.306 e. The second-order valence-corrected chi connectivity index (χ2v) is 5.24. The number of rotatable bonds is 3. The molecule has 0 aromatic carbocycles. The smallest absolute Gasteiger partial charge is 0.306 e. The first kappa shape index (κ1) is 13.8. The molecule has 2 aliphatic rings. The molecule has 2 fully saturated rings. The van der Waals surface area contributed by atoms with E-state index in [2.05, 4.69) is 6.07 Å². The quantitative estimate of drug-likeness (QED) is 0.814. The topological polar surface area (TPSA) is 90.6 Å². The maximum atomic E-state index is 12.5. The number of ether oxygens (including phenoxy) is 1. The molecule has 0 aromatic heterocycles. The molecule has 0 spiro atoms. The number of amides is 1. The van der Waals surface area contributed by atoms with E-state index in [-0.39, 0.29) is 18.9 Å². The summed E-state index contributed by atoms with van der Waals surface area (Å²) in [7, 11) is 0. The van der Waals surface area contributed by atoms with Gasteiger partial charge in [-0.05, 0) is 12.8 Å². The summed E-state index contributed by atoms with van der Waals surface area (Å²) in [5.41, 5.74) is -0.884. The van der Waals surface area contributed by atoms with E-state index in [9.17, 15) is 14.9 Å². The first-order valence-electron chi connectivity index (χ1n) is 6.61. The summed E-state index contributed by atoms with van der Waals surface area (Å²) in [4.78, 5) is 24.8. The second-order valence-electron chi connectivity index (χ2n) is 5.24. The van der Waals surface area contributed by atoms with Gasteiger partial charge in [0.1, 0.15) is 5.41 Å². The minimum atomic E-state index is -0.935. The molecule has 0 radical (unpaired) electrons. The molecule has 2 rings (SSSR count). The minimum Gasteiger partial charge on any atom is -0.481 e. The normalized spacial score (nSPS) is 25.8. The fourth-order valence-electron chi connectivity index (χ4n) is 2.88. The van der Waals surface area contributed by atoms with Crippen molar-refractivity contribution < 1.29 is 19.4 Å². The highest BCUT2D eigenvalue weighted by Gasteiger charge is 2.45. The number of hydrogen-bond acceptors (Lipinski definition) is 4. The van der Waals surface area contributed by atoms with Crippen molar-refractivity contribution in [3.05, 3.63) is 0 Å². The number of aliphatic carboxylic acids is 1. The number of morpholine rings is 1. The van der Waals surface area contributed by atoms with Crippen molar-refractivity contribution in [3.63, 3.8) is 0 Å². The third kappa shape index (κ3) is 2.87. The summed E-state index contributed by atoms with van der Waals surface area (Å²) in [5.74, 6) is -1.08. The predicted octanol–water partition coefficient (Wildman–Crippen LogP) is 0.772. The number of carbonyl (C=O) groups excluding carboxylic acids is 1. The molecule has 0 unspecified atom stereocenters. The van der Waals surface area contributed by atoms with Crippen LogP contribution in [0, 0.1) is 16.7 Å². The Morgan fingerprint density at radius 2 is 2.11 bits per heavy atom. The van der Waals surface area contributed by atoms with E-state index in [1.165, 1.54) is 0 Å². The van der Waals surface area contributed by atoms with Crippen LogP contribution in [0.2, 0.25) is 0 Å². The molecule has 1 N–H and O–H groups in total. The van der Waals surface area contributed by atoms with Gasteiger partial charge in [0.05, 0.1) is 25.2 Å². The van der Waals surface area contributed by atoms with Gasteiger partial charge in [0, 0.05) is 13.1 Å². The van der Waals surface area contributed by atoms with Crippen LogP contribution in [-0.4, -0.2) is 47.7 Å². The molecule has 104 valence electrons. The van der Waals surface area contributed by atoms with Crippen LogP contribution >= 0.6 is 0 Å². The summed E-state index contributed by atoms with van der Waals surface area (Å²) < 4.78 is 5.34. The lowest BCUT2D eigenvalue weighted by molar-refractivity contribution is -0.151. The molecule has 1 saturated carbocycles. The number of nitriles is 1. The summed E-state index contributed by atoms with van der Waals surface area (Å²) >= 11 is 0. The Labute approximate surface area is 111 Å². The van der Waals surface area contributed by atoms with Crippen LogP contribution in [0.5, 0.6) is 0 Å². The largest absolute Gasteiger partial charge is 0.481 e. The Hall–Kier alpha value is -1.61. The van der Waals surface area contributed by atoms with Crippen molar-refractivity contribution in [2.24, 2.45) is 5.41 Å². The van der Waals surface area contributed by atoms with Gasteiger partial charge in [-0.15, -0.1) is 0 Å². The third-order valence-corrected chi connectivity index (χ3v) is 3.91. The fourth-order valence-corrected chi connectivity index (χ4v) is 2.88. The van der Waals surface area contributed by atoms with Crippen LogP contribution in [0.25, 0.3) is 0 Å². The summed E-state index contributed by atoms with van der Waals surface area (Å²) in [6, 6.07) is 2.18. The lowest BCUT2D eigenvalue weighted by atomic mass is 9.86. The van der Waals surface area contributed by atoms with E-state index < -0.39 is 17.5 Å². The van der Waals surface area contributed by atoms with Crippen LogP contribution in [0.1, 0.15) is 32.1 Å². The van der Waals surface area contributed by atoms with Crippen LogP contribution in [0.15, 0.2) is 0 Å². The molecular weight excluding hydrogens is 248 g/mol. The van der Waals surface area contributed by atoms with Gasteiger partial charge in [0.15, 0.2) is 0 Å². The molecule has 1 heterocycles. The highest BCUT2D eigenvalue weighted by molar-refractivity contribution is 5.86. The van der Waals surface area contributed by atoms with E-state index in [0.29, 0.717) is 26.0 Å². The zero-order valence-corrected chi connectivity index (χ0v) is 10.8. The average Bonchev–Trinajstić information content (AvgIpc) is 2.87. The highest BCUT2D eigenvalue weighted by Crippen LogP contribution is 2.39. The van der Waals surface area contributed by atoms with Gasteiger partial charge in [0.2, 0.25) is 5.91 Å². The Morgan fingerprint density at radius 3 is 2.68 bits per heavy atom. The predicted molar refractivity (Wildman–Crippen MR) is 65.1 cm³/mol. The van der Waals surface area contributed by atoms with E-state index in [0.717, 1.165) is 12.8 Å². The van der Waals surface area contributed by atoms with Crippen LogP contribution in [0.3, 0.4) is 0 Å². The van der Waals surface area contributed by atoms with Gasteiger partial charge in [-0.25, -0.2) is 0 Å². The molecule has 1 saturated heterocycles. The van der Waals surface area contributed by atoms with Crippen LogP contribution in [-0.2, 0) is 14.3 Å². The first-order chi connectivity index (χ1) is 9.07. The number of carboxylic acid groups (broad SMARTS) is 1. The monoisotopic (exact) mass is 266 g/mol. The van der Waals surface area contributed by atoms with Crippen LogP contribution in [0.4, 0.5) is 0 Å². The molecule has 1 atom stereocenters. The highest BCUT2D eigenvalue weighted by atomic mass is 16.5. The van der Waals surface area contributed by atoms with Gasteiger partial charge >= 0.3 is 5.97 Å². The summed E-state index contributed by atoms with van der Waals surface area (Å²) in [6.07, 6.45) is 2.47. The van der Waals surface area contributed by atoms with Gasteiger partial charge in [0.25, 0.3) is 0 Å². The van der Waals surface area contributed by atoms with Gasteiger partial charge < -0.3 is 14.7 Å². The van der Waals surface area contributed by atoms with Gasteiger partial charge in [-0.1, -0.05) is 12.8 Å². The molecule has 0 aromatic rings. The molecular formula is C13H18N2O4. The van der Waals surface area contributed by atoms with E-state index >= 15 is 0 Å². The molecule has 1 aliphatic carbocycles. The number of carbonyl (C=O) groups is 2. The Bertz CT molecular complexity index is 409. The fraction of sp³-hybridized carbons (Fsp3) is 0.769. The SMILES string of the molecule is N#CC1(C(=O)N2CCO[C@H](CC(=O)O)C2)CCCC1. The Kier molecular flexibility index (Phi) is 4.05. The van der Waals surface area contributed by atoms with Crippen molar-refractivity contribution in [1.82, 2.24) is 4.90 Å². The Balaban J connectivity index is 2.03. The lowest BCUT2D eigenvalue weighted by Gasteiger charge is -2.36. The van der Waals surface area contributed by atoms with E-state index in [1.54, 1.807) is 4.90 Å². The Morgan fingerprint density at radius 1 is 1.42 bits per heavy atom. The van der Waals surface area contributed by atoms with Gasteiger partial charge in [-0.3, -0.25) is 9.59 Å². The number of carboxylic acids is 1. The second kappa shape index (κ2) is 5.57. The van der Waals surface area contributed by atoms with Crippen molar-refractivity contribution in [2.45, 2.75) is 38.2 Å². The molecule has 1 aliphatic heterocycles. The van der Waals surface area contributed by atoms with Crippen LogP contribution < -0.4 is 0 Å². The third-order valence-electron chi connectivity index (χ3n) is 3.91. The van der Waals surface area contributed by atoms with E-state index in [1.807, 2.05) is 0 Å². The molecule has 0 bridgehead atoms. The average molecular weight is 266 g/mol. The lowest BCUT2D eigenvalue weighted by Crippen LogP contribution is -2.51. The summed E-state index contributed by atoms with van der Waals surface area (Å²) in [6.45, 7) is 1.05. The molecule has 19 heavy (non-hydrogen) atoms. The zero-order valence-electron chi connectivity index (χ0n) is 10.8. The zero-order chi connectivity index (χ0) is 13.9. The van der Waals surface area contributed by atoms with Crippen molar-refractivity contribution in [1.29, 1.82) is 5.26 Å². The molecule has 6 heteroatoms. The van der Waals surface area contributed by atoms with Gasteiger partial charge in [-0.2, -0.15) is 5.26 Å². The van der Waals surface area contributed by atoms with Crippen molar-refractivity contribution in [2.75, 3.05) is 19.7 Å². The summed E-state index contributed by atoms with van der Waals surface area (Å²) in [5, 5.41) is 18.1. The molecule has 6 nitrogen and oxygen atoms in total. The maximum absolute atomic E-state index is 12.5. The molecule has 1 amide bonds. The first-order valence-corrected chi connectivity index (χ1v) is 6.61. The van der Waals surface area contributed by atoms with Crippen molar-refractivity contribution >= 4 is 11.9 Å². The number of nitrogens with zero attached hydrogens (tertiary/aromatic N) is 2. The van der Waals surface area contributed by atoms with Crippen molar-refractivity contribution in [3.8, 4) is 6.07 Å². The standard InChI is InChI=1S/C13H18N2O4/c14-9-13(3-1-2-4-13)12(18)15-5-6-19-10(8-15)7-11(16)17/h10H,1-8H2,(H,16,17)/t10-/m1/s1. The number of hydrogen-bond donors (Lipinski definition) is 1. The van der Waals surface area contributed by atoms with E-state index in [4.69, 9.17) is 9.84 Å².